The Morgan fingerprint density at radius 2 is 1.65 bits per heavy atom. The predicted octanol–water partition coefficient (Wildman–Crippen LogP) is 4.06. The molecule has 0 aliphatic heterocycles. The van der Waals surface area contributed by atoms with Crippen LogP contribution in [-0.2, 0) is 21.4 Å². The number of benzene rings is 2. The molecule has 0 spiro atoms. The van der Waals surface area contributed by atoms with Gasteiger partial charge in [-0.25, -0.2) is 0 Å². The van der Waals surface area contributed by atoms with Crippen molar-refractivity contribution in [1.82, 2.24) is 9.88 Å². The quantitative estimate of drug-likeness (QED) is 0.555. The first kappa shape index (κ1) is 24.8. The van der Waals surface area contributed by atoms with Crippen molar-refractivity contribution in [3.8, 4) is 5.75 Å². The Morgan fingerprint density at radius 3 is 2.18 bits per heavy atom. The van der Waals surface area contributed by atoms with Crippen molar-refractivity contribution in [2.45, 2.75) is 38.6 Å². The summed E-state index contributed by atoms with van der Waals surface area (Å²) in [5.41, 5.74) is 2.88. The third-order valence-corrected chi connectivity index (χ3v) is 5.68. The highest BCUT2D eigenvalue weighted by Crippen LogP contribution is 2.27. The number of ether oxygens (including phenoxy) is 1. The molecule has 1 aromatic heterocycles. The molecule has 1 heterocycles. The van der Waals surface area contributed by atoms with Gasteiger partial charge in [0, 0.05) is 25.0 Å². The van der Waals surface area contributed by atoms with E-state index in [9.17, 15) is 14.4 Å². The second-order valence-electron chi connectivity index (χ2n) is 9.23. The number of H-pyrrole nitrogens is 1. The molecule has 3 aromatic rings. The van der Waals surface area contributed by atoms with E-state index in [4.69, 9.17) is 4.74 Å². The van der Waals surface area contributed by atoms with Gasteiger partial charge in [0.2, 0.25) is 11.5 Å². The van der Waals surface area contributed by atoms with E-state index in [0.717, 1.165) is 5.56 Å². The van der Waals surface area contributed by atoms with Crippen molar-refractivity contribution in [2.24, 2.45) is 0 Å². The molecule has 7 heteroatoms. The van der Waals surface area contributed by atoms with Gasteiger partial charge in [0.15, 0.2) is 0 Å². The van der Waals surface area contributed by atoms with Crippen LogP contribution in [0, 0.1) is 0 Å². The molecule has 0 radical (unpaired) electrons. The van der Waals surface area contributed by atoms with Crippen LogP contribution >= 0.6 is 0 Å². The number of anilines is 1. The molecule has 34 heavy (non-hydrogen) atoms. The van der Waals surface area contributed by atoms with E-state index in [1.807, 2.05) is 24.3 Å². The molecule has 1 atom stereocenters. The average Bonchev–Trinajstić information content (AvgIpc) is 2.81. The summed E-state index contributed by atoms with van der Waals surface area (Å²) in [4.78, 5) is 41.8. The van der Waals surface area contributed by atoms with Gasteiger partial charge in [-0.15, -0.1) is 0 Å². The maximum absolute atomic E-state index is 13.4. The van der Waals surface area contributed by atoms with Crippen LogP contribution < -0.4 is 15.6 Å². The van der Waals surface area contributed by atoms with Crippen LogP contribution in [-0.4, -0.2) is 35.9 Å². The maximum Gasteiger partial charge on any atom is 0.251 e. The molecule has 0 saturated heterocycles. The molecule has 178 valence electrons. The third kappa shape index (κ3) is 6.13. The number of nitrogens with one attached hydrogen (secondary N) is 2. The Labute approximate surface area is 199 Å². The summed E-state index contributed by atoms with van der Waals surface area (Å²) in [5, 5.41) is 2.94. The first-order valence-electron chi connectivity index (χ1n) is 11.1. The van der Waals surface area contributed by atoms with Crippen LogP contribution in [0.4, 0.5) is 5.69 Å². The summed E-state index contributed by atoms with van der Waals surface area (Å²) in [6, 6.07) is 16.9. The number of methoxy groups -OCH3 is 1. The molecule has 3 rings (SSSR count). The highest BCUT2D eigenvalue weighted by Gasteiger charge is 2.29. The van der Waals surface area contributed by atoms with E-state index >= 15 is 0 Å². The Bertz CT molecular complexity index is 1170. The normalized spacial score (nSPS) is 12.0. The van der Waals surface area contributed by atoms with Gasteiger partial charge >= 0.3 is 0 Å². The number of hydrogen-bond acceptors (Lipinski definition) is 4. The van der Waals surface area contributed by atoms with Gasteiger partial charge in [-0.05, 0) is 46.4 Å². The van der Waals surface area contributed by atoms with Crippen LogP contribution in [0.25, 0.3) is 0 Å². The van der Waals surface area contributed by atoms with Crippen LogP contribution in [0.5, 0.6) is 5.75 Å². The number of aromatic amines is 1. The lowest BCUT2D eigenvalue weighted by molar-refractivity contribution is -0.136. The lowest BCUT2D eigenvalue weighted by atomic mass is 9.87. The fourth-order valence-electron chi connectivity index (χ4n) is 3.60. The summed E-state index contributed by atoms with van der Waals surface area (Å²) in [6.07, 6.45) is 1.56. The largest absolute Gasteiger partial charge is 0.497 e. The molecular formula is C27H31N3O4. The van der Waals surface area contributed by atoms with E-state index in [1.54, 1.807) is 44.5 Å². The van der Waals surface area contributed by atoms with Gasteiger partial charge in [0.05, 0.1) is 13.5 Å². The number of pyridine rings is 1. The monoisotopic (exact) mass is 461 g/mol. The number of amides is 2. The van der Waals surface area contributed by atoms with Crippen molar-refractivity contribution in [2.75, 3.05) is 19.5 Å². The van der Waals surface area contributed by atoms with Crippen molar-refractivity contribution >= 4 is 17.5 Å². The highest BCUT2D eigenvalue weighted by atomic mass is 16.5. The lowest BCUT2D eigenvalue weighted by Gasteiger charge is -2.28. The predicted molar refractivity (Wildman–Crippen MR) is 133 cm³/mol. The number of carbonyl (C=O) groups excluding carboxylic acids is 2. The molecule has 2 amide bonds. The maximum atomic E-state index is 13.4. The number of likely N-dealkylation sites (N-methyl/N-ethyl adjacent to an activating group) is 1. The minimum Gasteiger partial charge on any atom is -0.497 e. The first-order valence-corrected chi connectivity index (χ1v) is 11.1. The number of carbonyl (C=O) groups is 2. The molecule has 0 aliphatic carbocycles. The Kier molecular flexibility index (Phi) is 7.56. The second-order valence-corrected chi connectivity index (χ2v) is 9.23. The van der Waals surface area contributed by atoms with Crippen molar-refractivity contribution in [1.29, 1.82) is 0 Å². The van der Waals surface area contributed by atoms with Gasteiger partial charge < -0.3 is 19.9 Å². The van der Waals surface area contributed by atoms with E-state index < -0.39 is 6.04 Å². The zero-order chi connectivity index (χ0) is 24.9. The minimum atomic E-state index is -0.858. The van der Waals surface area contributed by atoms with Gasteiger partial charge in [-0.2, -0.15) is 0 Å². The summed E-state index contributed by atoms with van der Waals surface area (Å²) in [7, 11) is 3.17. The zero-order valence-corrected chi connectivity index (χ0v) is 20.2. The standard InChI is InChI=1S/C27H31N3O4/c1-27(2,3)20-9-11-21(12-10-20)29-26(33)25(19-7-13-22(34-5)14-8-19)30(4)24(32)16-18-6-15-23(31)28-17-18/h6-15,17,25H,16H2,1-5H3,(H,28,31)(H,29,33). The van der Waals surface area contributed by atoms with E-state index in [-0.39, 0.29) is 29.2 Å². The van der Waals surface area contributed by atoms with Crippen molar-refractivity contribution in [3.63, 3.8) is 0 Å². The molecular weight excluding hydrogens is 430 g/mol. The topological polar surface area (TPSA) is 91.5 Å². The number of rotatable bonds is 7. The zero-order valence-electron chi connectivity index (χ0n) is 20.2. The minimum absolute atomic E-state index is 0.00251. The van der Waals surface area contributed by atoms with Crippen LogP contribution in [0.15, 0.2) is 71.7 Å². The van der Waals surface area contributed by atoms with Crippen molar-refractivity contribution < 1.29 is 14.3 Å². The van der Waals surface area contributed by atoms with Crippen molar-refractivity contribution in [3.05, 3.63) is 93.9 Å². The number of nitrogens with zero attached hydrogens (tertiary/aromatic N) is 1. The molecule has 0 saturated carbocycles. The van der Waals surface area contributed by atoms with Gasteiger partial charge in [-0.3, -0.25) is 14.4 Å². The molecule has 0 bridgehead atoms. The lowest BCUT2D eigenvalue weighted by Crippen LogP contribution is -2.39. The SMILES string of the molecule is COc1ccc(C(C(=O)Nc2ccc(C(C)(C)C)cc2)N(C)C(=O)Cc2ccc(=O)[nH]c2)cc1. The smallest absolute Gasteiger partial charge is 0.251 e. The van der Waals surface area contributed by atoms with Gasteiger partial charge in [0.1, 0.15) is 11.8 Å². The Morgan fingerprint density at radius 1 is 1.00 bits per heavy atom. The average molecular weight is 462 g/mol. The molecule has 1 unspecified atom stereocenters. The molecule has 0 aliphatic rings. The summed E-state index contributed by atoms with van der Waals surface area (Å²) in [5.74, 6) is 0.0694. The third-order valence-electron chi connectivity index (χ3n) is 5.68. The summed E-state index contributed by atoms with van der Waals surface area (Å²) < 4.78 is 5.23. The van der Waals surface area contributed by atoms with Gasteiger partial charge in [0.25, 0.3) is 5.91 Å². The fraction of sp³-hybridized carbons (Fsp3) is 0.296. The van der Waals surface area contributed by atoms with E-state index in [2.05, 4.69) is 31.1 Å². The first-order chi connectivity index (χ1) is 16.1. The summed E-state index contributed by atoms with van der Waals surface area (Å²) in [6.45, 7) is 6.38. The van der Waals surface area contributed by atoms with Crippen LogP contribution in [0.1, 0.15) is 43.5 Å². The fourth-order valence-corrected chi connectivity index (χ4v) is 3.60. The molecule has 2 aromatic carbocycles. The second kappa shape index (κ2) is 10.4. The van der Waals surface area contributed by atoms with E-state index in [0.29, 0.717) is 22.6 Å². The van der Waals surface area contributed by atoms with E-state index in [1.165, 1.54) is 17.2 Å². The van der Waals surface area contributed by atoms with Crippen LogP contribution in [0.3, 0.4) is 0 Å². The summed E-state index contributed by atoms with van der Waals surface area (Å²) >= 11 is 0. The Balaban J connectivity index is 1.86. The van der Waals surface area contributed by atoms with Crippen LogP contribution in [0.2, 0.25) is 0 Å². The highest BCUT2D eigenvalue weighted by molar-refractivity contribution is 5.98. The molecule has 0 fully saturated rings. The molecule has 7 nitrogen and oxygen atoms in total. The molecule has 2 N–H and O–H groups in total. The number of aromatic nitrogens is 1. The van der Waals surface area contributed by atoms with Gasteiger partial charge in [-0.1, -0.05) is 51.1 Å². The number of hydrogen-bond donors (Lipinski definition) is 2. The Hall–Kier alpha value is -3.87.